The Morgan fingerprint density at radius 2 is 1.75 bits per heavy atom. The van der Waals surface area contributed by atoms with Gasteiger partial charge in [0.2, 0.25) is 0 Å². The largest absolute Gasteiger partial charge is 0.481 e. The average molecular weight is 282 g/mol. The van der Waals surface area contributed by atoms with Crippen LogP contribution in [0.5, 0.6) is 0 Å². The highest BCUT2D eigenvalue weighted by Crippen LogP contribution is 2.34. The third-order valence-corrected chi connectivity index (χ3v) is 3.99. The molecule has 2 aliphatic carbocycles. The van der Waals surface area contributed by atoms with Crippen LogP contribution >= 0.6 is 0 Å². The molecule has 0 atom stereocenters. The summed E-state index contributed by atoms with van der Waals surface area (Å²) >= 11 is 0. The van der Waals surface area contributed by atoms with Gasteiger partial charge in [0.05, 0.1) is 0 Å². The zero-order valence-electron chi connectivity index (χ0n) is 12.1. The first-order chi connectivity index (χ1) is 9.66. The molecule has 5 heteroatoms. The molecule has 2 fully saturated rings. The maximum absolute atomic E-state index is 12.1. The second-order valence-corrected chi connectivity index (χ2v) is 6.12. The minimum atomic E-state index is -0.724. The summed E-state index contributed by atoms with van der Waals surface area (Å²) in [4.78, 5) is 24.5. The molecule has 114 valence electrons. The van der Waals surface area contributed by atoms with Crippen LogP contribution in [0.4, 0.5) is 4.79 Å². The smallest absolute Gasteiger partial charge is 0.317 e. The van der Waals surface area contributed by atoms with Crippen LogP contribution in [0.25, 0.3) is 0 Å². The Bertz CT molecular complexity index is 338. The number of unbranched alkanes of at least 4 members (excludes halogenated alkanes) is 3. The molecule has 0 heterocycles. The fourth-order valence-electron chi connectivity index (χ4n) is 2.41. The first-order valence-electron chi connectivity index (χ1n) is 7.93. The Labute approximate surface area is 120 Å². The molecule has 0 aromatic carbocycles. The van der Waals surface area contributed by atoms with Gasteiger partial charge in [-0.1, -0.05) is 12.8 Å². The highest BCUT2D eigenvalue weighted by Gasteiger charge is 2.36. The Morgan fingerprint density at radius 1 is 1.05 bits per heavy atom. The Hall–Kier alpha value is -1.26. The Kier molecular flexibility index (Phi) is 5.68. The fraction of sp³-hybridized carbons (Fsp3) is 0.867. The number of hydrogen-bond donors (Lipinski definition) is 2. The Balaban J connectivity index is 1.51. The van der Waals surface area contributed by atoms with Gasteiger partial charge >= 0.3 is 12.0 Å². The third-order valence-electron chi connectivity index (χ3n) is 3.99. The normalized spacial score (nSPS) is 17.8. The van der Waals surface area contributed by atoms with E-state index in [-0.39, 0.29) is 12.5 Å². The minimum absolute atomic E-state index is 0.102. The van der Waals surface area contributed by atoms with E-state index in [2.05, 4.69) is 5.32 Å². The zero-order valence-corrected chi connectivity index (χ0v) is 12.1. The maximum atomic E-state index is 12.1. The van der Waals surface area contributed by atoms with Crippen molar-refractivity contribution in [2.75, 3.05) is 13.1 Å². The van der Waals surface area contributed by atoms with E-state index in [9.17, 15) is 9.59 Å². The maximum Gasteiger partial charge on any atom is 0.317 e. The van der Waals surface area contributed by atoms with Crippen LogP contribution in [0, 0.1) is 5.92 Å². The molecular weight excluding hydrogens is 256 g/mol. The van der Waals surface area contributed by atoms with Gasteiger partial charge in [-0.25, -0.2) is 4.79 Å². The van der Waals surface area contributed by atoms with Gasteiger partial charge in [0.25, 0.3) is 0 Å². The molecule has 2 amide bonds. The van der Waals surface area contributed by atoms with Crippen LogP contribution in [0.15, 0.2) is 0 Å². The van der Waals surface area contributed by atoms with E-state index in [0.29, 0.717) is 12.6 Å². The van der Waals surface area contributed by atoms with Crippen molar-refractivity contribution in [2.45, 2.75) is 63.8 Å². The molecule has 5 nitrogen and oxygen atoms in total. The van der Waals surface area contributed by atoms with E-state index in [1.165, 1.54) is 12.8 Å². The number of carbonyl (C=O) groups excluding carboxylic acids is 1. The SMILES string of the molecule is O=C(O)CCCCCCNC(=O)N(CC1CC1)C1CC1. The first kappa shape index (κ1) is 15.1. The van der Waals surface area contributed by atoms with E-state index in [4.69, 9.17) is 5.11 Å². The molecule has 2 N–H and O–H groups in total. The fourth-order valence-corrected chi connectivity index (χ4v) is 2.41. The number of carboxylic acid groups (broad SMARTS) is 1. The van der Waals surface area contributed by atoms with Crippen molar-refractivity contribution in [1.82, 2.24) is 10.2 Å². The predicted molar refractivity (Wildman–Crippen MR) is 76.6 cm³/mol. The number of nitrogens with zero attached hydrogens (tertiary/aromatic N) is 1. The molecule has 0 unspecified atom stereocenters. The Morgan fingerprint density at radius 3 is 2.35 bits per heavy atom. The molecule has 0 spiro atoms. The number of aliphatic carboxylic acids is 1. The van der Waals surface area contributed by atoms with Crippen LogP contribution in [-0.2, 0) is 4.79 Å². The summed E-state index contributed by atoms with van der Waals surface area (Å²) < 4.78 is 0. The lowest BCUT2D eigenvalue weighted by atomic mass is 10.1. The lowest BCUT2D eigenvalue weighted by Gasteiger charge is -2.22. The van der Waals surface area contributed by atoms with Crippen molar-refractivity contribution < 1.29 is 14.7 Å². The molecule has 20 heavy (non-hydrogen) atoms. The predicted octanol–water partition coefficient (Wildman–Crippen LogP) is 2.61. The number of amides is 2. The summed E-state index contributed by atoms with van der Waals surface area (Å²) in [5.74, 6) is 0.0239. The van der Waals surface area contributed by atoms with Gasteiger partial charge < -0.3 is 15.3 Å². The summed E-state index contributed by atoms with van der Waals surface area (Å²) in [5, 5.41) is 11.5. The topological polar surface area (TPSA) is 69.6 Å². The van der Waals surface area contributed by atoms with Crippen molar-refractivity contribution in [1.29, 1.82) is 0 Å². The average Bonchev–Trinajstić information content (AvgIpc) is 3.26. The minimum Gasteiger partial charge on any atom is -0.481 e. The van der Waals surface area contributed by atoms with E-state index >= 15 is 0 Å². The van der Waals surface area contributed by atoms with Crippen molar-refractivity contribution in [3.63, 3.8) is 0 Å². The van der Waals surface area contributed by atoms with Gasteiger partial charge in [-0.2, -0.15) is 0 Å². The molecule has 0 radical (unpaired) electrons. The molecule has 2 saturated carbocycles. The molecule has 0 saturated heterocycles. The van der Waals surface area contributed by atoms with Gasteiger partial charge in [-0.05, 0) is 44.4 Å². The summed E-state index contributed by atoms with van der Waals surface area (Å²) in [6.07, 6.45) is 8.72. The number of rotatable bonds is 10. The van der Waals surface area contributed by atoms with Crippen molar-refractivity contribution in [2.24, 2.45) is 5.92 Å². The quantitative estimate of drug-likeness (QED) is 0.605. The van der Waals surface area contributed by atoms with Crippen molar-refractivity contribution in [3.05, 3.63) is 0 Å². The number of carbonyl (C=O) groups is 2. The third kappa shape index (κ3) is 5.80. The summed E-state index contributed by atoms with van der Waals surface area (Å²) in [7, 11) is 0. The highest BCUT2D eigenvalue weighted by atomic mass is 16.4. The lowest BCUT2D eigenvalue weighted by Crippen LogP contribution is -2.42. The molecular formula is C15H26N2O3. The van der Waals surface area contributed by atoms with Crippen LogP contribution in [0.3, 0.4) is 0 Å². The van der Waals surface area contributed by atoms with E-state index < -0.39 is 5.97 Å². The van der Waals surface area contributed by atoms with Gasteiger partial charge in [0, 0.05) is 25.6 Å². The molecule has 0 bridgehead atoms. The number of carboxylic acids is 1. The monoisotopic (exact) mass is 282 g/mol. The van der Waals surface area contributed by atoms with Gasteiger partial charge in [-0.15, -0.1) is 0 Å². The highest BCUT2D eigenvalue weighted by molar-refractivity contribution is 5.74. The van der Waals surface area contributed by atoms with Crippen molar-refractivity contribution in [3.8, 4) is 0 Å². The van der Waals surface area contributed by atoms with Crippen LogP contribution in [0.2, 0.25) is 0 Å². The summed E-state index contributed by atoms with van der Waals surface area (Å²) in [5.41, 5.74) is 0. The second-order valence-electron chi connectivity index (χ2n) is 6.12. The zero-order chi connectivity index (χ0) is 14.4. The van der Waals surface area contributed by atoms with Gasteiger partial charge in [0.1, 0.15) is 0 Å². The molecule has 0 aliphatic heterocycles. The van der Waals surface area contributed by atoms with E-state index in [0.717, 1.165) is 51.0 Å². The molecule has 0 aromatic rings. The van der Waals surface area contributed by atoms with Crippen LogP contribution in [0.1, 0.15) is 57.8 Å². The second kappa shape index (κ2) is 7.50. The van der Waals surface area contributed by atoms with Gasteiger partial charge in [0.15, 0.2) is 0 Å². The lowest BCUT2D eigenvalue weighted by molar-refractivity contribution is -0.137. The van der Waals surface area contributed by atoms with Crippen molar-refractivity contribution >= 4 is 12.0 Å². The van der Waals surface area contributed by atoms with Gasteiger partial charge in [-0.3, -0.25) is 4.79 Å². The molecule has 2 aliphatic rings. The van der Waals surface area contributed by atoms with E-state index in [1.54, 1.807) is 0 Å². The summed E-state index contributed by atoms with van der Waals surface area (Å²) in [6, 6.07) is 0.594. The van der Waals surface area contributed by atoms with Crippen LogP contribution in [-0.4, -0.2) is 41.1 Å². The first-order valence-corrected chi connectivity index (χ1v) is 7.93. The van der Waals surface area contributed by atoms with E-state index in [1.807, 2.05) is 4.90 Å². The summed E-state index contributed by atoms with van der Waals surface area (Å²) in [6.45, 7) is 1.65. The standard InChI is InChI=1S/C15H26N2O3/c18-14(19)5-3-1-2-4-10-16-15(20)17(13-8-9-13)11-12-6-7-12/h12-13H,1-11H2,(H,16,20)(H,18,19). The number of nitrogens with one attached hydrogen (secondary N) is 1. The number of hydrogen-bond acceptors (Lipinski definition) is 2. The van der Waals surface area contributed by atoms with Crippen LogP contribution < -0.4 is 5.32 Å². The molecule has 2 rings (SSSR count). The number of urea groups is 1. The molecule has 0 aromatic heterocycles.